The molecule has 0 unspecified atom stereocenters. The standard InChI is InChI=1S/C17H17NO3/c1-12-7-9-13(10-8-12)11-16(19)14-5-3-4-6-15(14)18-17(20)21-2/h3-10H,11H2,1-2H3,(H,18,20). The number of hydrogen-bond donors (Lipinski definition) is 1. The Morgan fingerprint density at radius 2 is 1.71 bits per heavy atom. The van der Waals surface area contributed by atoms with Crippen LogP contribution in [-0.2, 0) is 11.2 Å². The lowest BCUT2D eigenvalue weighted by Crippen LogP contribution is -2.15. The summed E-state index contributed by atoms with van der Waals surface area (Å²) in [7, 11) is 1.28. The average molecular weight is 283 g/mol. The normalized spacial score (nSPS) is 10.0. The molecule has 2 aromatic rings. The topological polar surface area (TPSA) is 55.4 Å². The first-order valence-electron chi connectivity index (χ1n) is 6.63. The molecule has 0 bridgehead atoms. The molecule has 0 atom stereocenters. The van der Waals surface area contributed by atoms with Crippen LogP contribution in [0.4, 0.5) is 10.5 Å². The molecular formula is C17H17NO3. The quantitative estimate of drug-likeness (QED) is 0.872. The zero-order valence-electron chi connectivity index (χ0n) is 12.1. The molecule has 1 amide bonds. The average Bonchev–Trinajstić information content (AvgIpc) is 2.50. The molecule has 0 heterocycles. The maximum Gasteiger partial charge on any atom is 0.411 e. The highest BCUT2D eigenvalue weighted by atomic mass is 16.5. The molecular weight excluding hydrogens is 266 g/mol. The number of carbonyl (C=O) groups is 2. The van der Waals surface area contributed by atoms with Crippen molar-refractivity contribution in [3.05, 3.63) is 65.2 Å². The fraction of sp³-hybridized carbons (Fsp3) is 0.176. The van der Waals surface area contributed by atoms with E-state index in [1.807, 2.05) is 31.2 Å². The molecule has 0 saturated heterocycles. The number of aryl methyl sites for hydroxylation is 1. The van der Waals surface area contributed by atoms with Crippen LogP contribution < -0.4 is 5.32 Å². The largest absolute Gasteiger partial charge is 0.453 e. The summed E-state index contributed by atoms with van der Waals surface area (Å²) in [6, 6.07) is 14.7. The summed E-state index contributed by atoms with van der Waals surface area (Å²) >= 11 is 0. The number of Topliss-reactive ketones (excluding diaryl/α,β-unsaturated/α-hetero) is 1. The molecule has 21 heavy (non-hydrogen) atoms. The summed E-state index contributed by atoms with van der Waals surface area (Å²) in [6.07, 6.45) is -0.300. The van der Waals surface area contributed by atoms with Gasteiger partial charge >= 0.3 is 6.09 Å². The minimum atomic E-state index is -0.592. The Kier molecular flexibility index (Phi) is 4.72. The lowest BCUT2D eigenvalue weighted by atomic mass is 10.0. The van der Waals surface area contributed by atoms with Crippen LogP contribution in [0.5, 0.6) is 0 Å². The Hall–Kier alpha value is -2.62. The van der Waals surface area contributed by atoms with Crippen molar-refractivity contribution < 1.29 is 14.3 Å². The lowest BCUT2D eigenvalue weighted by molar-refractivity contribution is 0.0994. The lowest BCUT2D eigenvalue weighted by Gasteiger charge is -2.09. The van der Waals surface area contributed by atoms with E-state index in [1.54, 1.807) is 24.3 Å². The van der Waals surface area contributed by atoms with Crippen LogP contribution in [0.15, 0.2) is 48.5 Å². The van der Waals surface area contributed by atoms with Gasteiger partial charge in [-0.05, 0) is 24.6 Å². The molecule has 108 valence electrons. The van der Waals surface area contributed by atoms with Crippen LogP contribution in [-0.4, -0.2) is 19.0 Å². The highest BCUT2D eigenvalue weighted by Crippen LogP contribution is 2.18. The highest BCUT2D eigenvalue weighted by molar-refractivity contribution is 6.04. The number of para-hydroxylation sites is 1. The van der Waals surface area contributed by atoms with Crippen molar-refractivity contribution in [2.45, 2.75) is 13.3 Å². The van der Waals surface area contributed by atoms with Gasteiger partial charge < -0.3 is 4.74 Å². The zero-order valence-corrected chi connectivity index (χ0v) is 12.1. The van der Waals surface area contributed by atoms with Gasteiger partial charge in [0.15, 0.2) is 5.78 Å². The predicted octanol–water partition coefficient (Wildman–Crippen LogP) is 3.60. The second kappa shape index (κ2) is 6.70. The molecule has 2 aromatic carbocycles. The Bertz CT molecular complexity index is 647. The Morgan fingerprint density at radius 3 is 2.38 bits per heavy atom. The summed E-state index contributed by atoms with van der Waals surface area (Å²) in [5.74, 6) is -0.0501. The summed E-state index contributed by atoms with van der Waals surface area (Å²) < 4.78 is 4.56. The third-order valence-electron chi connectivity index (χ3n) is 3.13. The van der Waals surface area contributed by atoms with E-state index < -0.39 is 6.09 Å². The van der Waals surface area contributed by atoms with E-state index in [9.17, 15) is 9.59 Å². The molecule has 0 aliphatic rings. The molecule has 0 radical (unpaired) electrons. The minimum absolute atomic E-state index is 0.0501. The molecule has 0 spiro atoms. The van der Waals surface area contributed by atoms with Gasteiger partial charge in [-0.1, -0.05) is 42.0 Å². The smallest absolute Gasteiger partial charge is 0.411 e. The van der Waals surface area contributed by atoms with Crippen LogP contribution in [0.1, 0.15) is 21.5 Å². The molecule has 4 heteroatoms. The van der Waals surface area contributed by atoms with Crippen molar-refractivity contribution >= 4 is 17.6 Å². The number of anilines is 1. The molecule has 0 aliphatic carbocycles. The van der Waals surface area contributed by atoms with E-state index in [0.29, 0.717) is 17.7 Å². The minimum Gasteiger partial charge on any atom is -0.453 e. The van der Waals surface area contributed by atoms with Crippen molar-refractivity contribution in [1.29, 1.82) is 0 Å². The van der Waals surface area contributed by atoms with E-state index in [-0.39, 0.29) is 5.78 Å². The summed E-state index contributed by atoms with van der Waals surface area (Å²) in [5, 5.41) is 2.55. The summed E-state index contributed by atoms with van der Waals surface area (Å²) in [5.41, 5.74) is 3.03. The van der Waals surface area contributed by atoms with Gasteiger partial charge in [0.05, 0.1) is 12.8 Å². The number of rotatable bonds is 4. The second-order valence-corrected chi connectivity index (χ2v) is 4.75. The first-order chi connectivity index (χ1) is 10.1. The first kappa shape index (κ1) is 14.8. The van der Waals surface area contributed by atoms with Crippen LogP contribution >= 0.6 is 0 Å². The van der Waals surface area contributed by atoms with Crippen LogP contribution in [0.3, 0.4) is 0 Å². The summed E-state index contributed by atoms with van der Waals surface area (Å²) in [6.45, 7) is 2.00. The number of methoxy groups -OCH3 is 1. The molecule has 0 aliphatic heterocycles. The third-order valence-corrected chi connectivity index (χ3v) is 3.13. The van der Waals surface area contributed by atoms with Crippen LogP contribution in [0.25, 0.3) is 0 Å². The maximum atomic E-state index is 12.4. The highest BCUT2D eigenvalue weighted by Gasteiger charge is 2.13. The number of nitrogens with one attached hydrogen (secondary N) is 1. The number of ether oxygens (including phenoxy) is 1. The van der Waals surface area contributed by atoms with E-state index >= 15 is 0 Å². The monoisotopic (exact) mass is 283 g/mol. The number of benzene rings is 2. The molecule has 2 rings (SSSR count). The molecule has 0 fully saturated rings. The molecule has 0 saturated carbocycles. The fourth-order valence-corrected chi connectivity index (χ4v) is 1.98. The van der Waals surface area contributed by atoms with Gasteiger partial charge in [-0.2, -0.15) is 0 Å². The number of ketones is 1. The Balaban J connectivity index is 2.18. The van der Waals surface area contributed by atoms with Crippen LogP contribution in [0.2, 0.25) is 0 Å². The van der Waals surface area contributed by atoms with Gasteiger partial charge in [0, 0.05) is 12.0 Å². The van der Waals surface area contributed by atoms with E-state index in [0.717, 1.165) is 11.1 Å². The van der Waals surface area contributed by atoms with Gasteiger partial charge in [0.25, 0.3) is 0 Å². The molecule has 0 aromatic heterocycles. The number of carbonyl (C=O) groups excluding carboxylic acids is 2. The van der Waals surface area contributed by atoms with E-state index in [4.69, 9.17) is 0 Å². The Morgan fingerprint density at radius 1 is 1.05 bits per heavy atom. The van der Waals surface area contributed by atoms with Gasteiger partial charge in [-0.15, -0.1) is 0 Å². The predicted molar refractivity (Wildman–Crippen MR) is 81.7 cm³/mol. The summed E-state index contributed by atoms with van der Waals surface area (Å²) in [4.78, 5) is 23.7. The third kappa shape index (κ3) is 3.92. The maximum absolute atomic E-state index is 12.4. The van der Waals surface area contributed by atoms with Crippen molar-refractivity contribution in [1.82, 2.24) is 0 Å². The van der Waals surface area contributed by atoms with Gasteiger partial charge in [-0.25, -0.2) is 4.79 Å². The van der Waals surface area contributed by atoms with Crippen molar-refractivity contribution in [2.24, 2.45) is 0 Å². The zero-order chi connectivity index (χ0) is 15.2. The Labute approximate surface area is 123 Å². The SMILES string of the molecule is COC(=O)Nc1ccccc1C(=O)Cc1ccc(C)cc1. The van der Waals surface area contributed by atoms with Crippen molar-refractivity contribution in [3.63, 3.8) is 0 Å². The first-order valence-corrected chi connectivity index (χ1v) is 6.63. The second-order valence-electron chi connectivity index (χ2n) is 4.75. The van der Waals surface area contributed by atoms with Gasteiger partial charge in [0.1, 0.15) is 0 Å². The number of amides is 1. The number of hydrogen-bond acceptors (Lipinski definition) is 3. The molecule has 1 N–H and O–H groups in total. The van der Waals surface area contributed by atoms with Crippen LogP contribution in [0, 0.1) is 6.92 Å². The van der Waals surface area contributed by atoms with Gasteiger partial charge in [0.2, 0.25) is 0 Å². The van der Waals surface area contributed by atoms with E-state index in [2.05, 4.69) is 10.1 Å². The molecule has 4 nitrogen and oxygen atoms in total. The van der Waals surface area contributed by atoms with E-state index in [1.165, 1.54) is 7.11 Å². The van der Waals surface area contributed by atoms with Gasteiger partial charge in [-0.3, -0.25) is 10.1 Å². The van der Waals surface area contributed by atoms with Crippen molar-refractivity contribution in [3.8, 4) is 0 Å². The fourth-order valence-electron chi connectivity index (χ4n) is 1.98. The van der Waals surface area contributed by atoms with Crippen molar-refractivity contribution in [2.75, 3.05) is 12.4 Å².